The normalized spacial score (nSPS) is 10.8. The minimum absolute atomic E-state index is 0.236. The van der Waals surface area contributed by atoms with E-state index in [2.05, 4.69) is 11.2 Å². The van der Waals surface area contributed by atoms with Gasteiger partial charge in [0, 0.05) is 5.56 Å². The molecule has 0 aliphatic rings. The molecule has 0 aliphatic heterocycles. The molecule has 2 aromatic carbocycles. The quantitative estimate of drug-likeness (QED) is 0.764. The zero-order chi connectivity index (χ0) is 15.0. The summed E-state index contributed by atoms with van der Waals surface area (Å²) >= 11 is 0. The monoisotopic (exact) mass is 278 g/mol. The predicted molar refractivity (Wildman–Crippen MR) is 84.9 cm³/mol. The van der Waals surface area contributed by atoms with E-state index in [1.807, 2.05) is 63.2 Å². The van der Waals surface area contributed by atoms with Gasteiger partial charge in [0.25, 0.3) is 0 Å². The molecule has 21 heavy (non-hydrogen) atoms. The molecular weight excluding hydrogens is 260 g/mol. The molecule has 0 fully saturated rings. The van der Waals surface area contributed by atoms with Crippen LogP contribution in [-0.2, 0) is 0 Å². The zero-order valence-electron chi connectivity index (χ0n) is 12.5. The van der Waals surface area contributed by atoms with Gasteiger partial charge < -0.3 is 5.11 Å². The van der Waals surface area contributed by atoms with Crippen molar-refractivity contribution in [2.24, 2.45) is 0 Å². The lowest BCUT2D eigenvalue weighted by Gasteiger charge is -2.04. The van der Waals surface area contributed by atoms with Crippen molar-refractivity contribution in [3.8, 4) is 22.7 Å². The summed E-state index contributed by atoms with van der Waals surface area (Å²) in [4.78, 5) is 0. The van der Waals surface area contributed by atoms with E-state index in [1.54, 1.807) is 4.68 Å². The molecule has 0 radical (unpaired) electrons. The maximum atomic E-state index is 10.4. The Morgan fingerprint density at radius 3 is 2.29 bits per heavy atom. The highest BCUT2D eigenvalue weighted by atomic mass is 16.3. The Labute approximate surface area is 124 Å². The Morgan fingerprint density at radius 2 is 1.62 bits per heavy atom. The summed E-state index contributed by atoms with van der Waals surface area (Å²) < 4.78 is 1.79. The zero-order valence-corrected chi connectivity index (χ0v) is 12.5. The Balaban J connectivity index is 2.13. The molecular formula is C18H18N2O. The van der Waals surface area contributed by atoms with Crippen molar-refractivity contribution in [3.05, 3.63) is 65.4 Å². The minimum atomic E-state index is 0.236. The Bertz CT molecular complexity index is 785. The third kappa shape index (κ3) is 2.42. The van der Waals surface area contributed by atoms with Gasteiger partial charge in [0.15, 0.2) is 5.75 Å². The van der Waals surface area contributed by atoms with E-state index < -0.39 is 0 Å². The highest BCUT2D eigenvalue weighted by molar-refractivity contribution is 5.68. The molecule has 0 saturated heterocycles. The Morgan fingerprint density at radius 1 is 0.905 bits per heavy atom. The highest BCUT2D eigenvalue weighted by Crippen LogP contribution is 2.32. The van der Waals surface area contributed by atoms with Gasteiger partial charge in [-0.25, -0.2) is 4.68 Å². The van der Waals surface area contributed by atoms with Crippen LogP contribution in [0.4, 0.5) is 0 Å². The van der Waals surface area contributed by atoms with Crippen LogP contribution in [0.15, 0.2) is 48.5 Å². The average Bonchev–Trinajstić information content (AvgIpc) is 2.77. The lowest BCUT2D eigenvalue weighted by molar-refractivity contribution is 0.472. The maximum Gasteiger partial charge on any atom is 0.165 e. The highest BCUT2D eigenvalue weighted by Gasteiger charge is 2.16. The van der Waals surface area contributed by atoms with Gasteiger partial charge in [0.1, 0.15) is 5.69 Å². The number of aromatic hydroxyl groups is 1. The SMILES string of the molecule is Cc1ccc(-c2nn(-c3cccc(C)c3)c(C)c2O)cc1. The largest absolute Gasteiger partial charge is 0.504 e. The summed E-state index contributed by atoms with van der Waals surface area (Å²) in [7, 11) is 0. The van der Waals surface area contributed by atoms with E-state index in [-0.39, 0.29) is 5.75 Å². The van der Waals surface area contributed by atoms with Crippen LogP contribution < -0.4 is 0 Å². The third-order valence-electron chi connectivity index (χ3n) is 3.66. The van der Waals surface area contributed by atoms with Gasteiger partial charge in [0.05, 0.1) is 11.4 Å². The first-order valence-electron chi connectivity index (χ1n) is 6.99. The van der Waals surface area contributed by atoms with Gasteiger partial charge in [-0.2, -0.15) is 5.10 Å². The van der Waals surface area contributed by atoms with Crippen molar-refractivity contribution in [2.45, 2.75) is 20.8 Å². The number of aryl methyl sites for hydroxylation is 2. The van der Waals surface area contributed by atoms with Crippen LogP contribution in [0, 0.1) is 20.8 Å². The lowest BCUT2D eigenvalue weighted by Crippen LogP contribution is -1.99. The molecule has 0 bridgehead atoms. The molecule has 0 unspecified atom stereocenters. The van der Waals surface area contributed by atoms with Crippen molar-refractivity contribution in [3.63, 3.8) is 0 Å². The second-order valence-corrected chi connectivity index (χ2v) is 5.40. The van der Waals surface area contributed by atoms with E-state index in [9.17, 15) is 5.11 Å². The van der Waals surface area contributed by atoms with Gasteiger partial charge in [-0.1, -0.05) is 42.0 Å². The summed E-state index contributed by atoms with van der Waals surface area (Å²) in [6, 6.07) is 16.1. The molecule has 0 amide bonds. The first-order valence-corrected chi connectivity index (χ1v) is 6.99. The van der Waals surface area contributed by atoms with Crippen LogP contribution in [0.5, 0.6) is 5.75 Å². The predicted octanol–water partition coefficient (Wildman–Crippen LogP) is 4.17. The van der Waals surface area contributed by atoms with Gasteiger partial charge in [0.2, 0.25) is 0 Å². The number of hydrogen-bond donors (Lipinski definition) is 1. The second-order valence-electron chi connectivity index (χ2n) is 5.40. The molecule has 3 aromatic rings. The molecule has 1 aromatic heterocycles. The summed E-state index contributed by atoms with van der Waals surface area (Å²) in [6.07, 6.45) is 0. The molecule has 3 nitrogen and oxygen atoms in total. The first kappa shape index (κ1) is 13.4. The maximum absolute atomic E-state index is 10.4. The molecule has 0 spiro atoms. The first-order chi connectivity index (χ1) is 10.1. The minimum Gasteiger partial charge on any atom is -0.504 e. The van der Waals surface area contributed by atoms with Crippen LogP contribution in [0.1, 0.15) is 16.8 Å². The van der Waals surface area contributed by atoms with Crippen molar-refractivity contribution in [2.75, 3.05) is 0 Å². The number of aromatic nitrogens is 2. The van der Waals surface area contributed by atoms with E-state index in [1.165, 1.54) is 11.1 Å². The van der Waals surface area contributed by atoms with Gasteiger partial charge in [-0.05, 0) is 38.5 Å². The number of nitrogens with zero attached hydrogens (tertiary/aromatic N) is 2. The van der Waals surface area contributed by atoms with Crippen LogP contribution >= 0.6 is 0 Å². The summed E-state index contributed by atoms with van der Waals surface area (Å²) in [5, 5.41) is 15.0. The van der Waals surface area contributed by atoms with Gasteiger partial charge in [-0.15, -0.1) is 0 Å². The summed E-state index contributed by atoms with van der Waals surface area (Å²) in [5.74, 6) is 0.236. The molecule has 3 heteroatoms. The van der Waals surface area contributed by atoms with E-state index in [4.69, 9.17) is 0 Å². The van der Waals surface area contributed by atoms with Crippen molar-refractivity contribution in [1.82, 2.24) is 9.78 Å². The molecule has 106 valence electrons. The van der Waals surface area contributed by atoms with E-state index in [0.717, 1.165) is 16.9 Å². The smallest absolute Gasteiger partial charge is 0.165 e. The molecule has 1 heterocycles. The fraction of sp³-hybridized carbons (Fsp3) is 0.167. The van der Waals surface area contributed by atoms with Crippen LogP contribution in [0.2, 0.25) is 0 Å². The van der Waals surface area contributed by atoms with Crippen LogP contribution in [0.3, 0.4) is 0 Å². The number of hydrogen-bond acceptors (Lipinski definition) is 2. The number of rotatable bonds is 2. The average molecular weight is 278 g/mol. The Hall–Kier alpha value is -2.55. The van der Waals surface area contributed by atoms with E-state index >= 15 is 0 Å². The second kappa shape index (κ2) is 5.09. The fourth-order valence-electron chi connectivity index (χ4n) is 2.41. The summed E-state index contributed by atoms with van der Waals surface area (Å²) in [6.45, 7) is 5.96. The van der Waals surface area contributed by atoms with Crippen molar-refractivity contribution < 1.29 is 5.11 Å². The van der Waals surface area contributed by atoms with Crippen LogP contribution in [0.25, 0.3) is 16.9 Å². The Kier molecular flexibility index (Phi) is 3.26. The van der Waals surface area contributed by atoms with Crippen molar-refractivity contribution >= 4 is 0 Å². The molecule has 0 saturated carbocycles. The number of benzene rings is 2. The molecule has 3 rings (SSSR count). The molecule has 0 aliphatic carbocycles. The molecule has 1 N–H and O–H groups in total. The van der Waals surface area contributed by atoms with Gasteiger partial charge in [-0.3, -0.25) is 0 Å². The van der Waals surface area contributed by atoms with Gasteiger partial charge >= 0.3 is 0 Å². The fourth-order valence-corrected chi connectivity index (χ4v) is 2.41. The van der Waals surface area contributed by atoms with Crippen LogP contribution in [-0.4, -0.2) is 14.9 Å². The lowest BCUT2D eigenvalue weighted by atomic mass is 10.1. The standard InChI is InChI=1S/C18H18N2O/c1-12-7-9-15(10-8-12)17-18(21)14(3)20(19-17)16-6-4-5-13(2)11-16/h4-11,21H,1-3H3. The van der Waals surface area contributed by atoms with E-state index in [0.29, 0.717) is 5.69 Å². The topological polar surface area (TPSA) is 38.0 Å². The summed E-state index contributed by atoms with van der Waals surface area (Å²) in [5.41, 5.74) is 5.60. The third-order valence-corrected chi connectivity index (χ3v) is 3.66. The molecule has 0 atom stereocenters. The van der Waals surface area contributed by atoms with Crippen molar-refractivity contribution in [1.29, 1.82) is 0 Å².